The molecule has 31 heavy (non-hydrogen) atoms. The molecule has 0 aliphatic carbocycles. The summed E-state index contributed by atoms with van der Waals surface area (Å²) in [5, 5.41) is 6.67. The summed E-state index contributed by atoms with van der Waals surface area (Å²) in [6, 6.07) is 13.8. The van der Waals surface area contributed by atoms with Crippen molar-refractivity contribution in [3.63, 3.8) is 0 Å². The van der Waals surface area contributed by atoms with Crippen LogP contribution in [0.25, 0.3) is 0 Å². The molecule has 0 saturated carbocycles. The highest BCUT2D eigenvalue weighted by molar-refractivity contribution is 6.02. The third-order valence-electron chi connectivity index (χ3n) is 4.92. The van der Waals surface area contributed by atoms with Crippen LogP contribution in [0.2, 0.25) is 0 Å². The van der Waals surface area contributed by atoms with E-state index in [-0.39, 0.29) is 0 Å². The summed E-state index contributed by atoms with van der Waals surface area (Å²) >= 11 is 0. The van der Waals surface area contributed by atoms with Crippen molar-refractivity contribution in [1.82, 2.24) is 9.97 Å². The first-order chi connectivity index (χ1) is 14.9. The summed E-state index contributed by atoms with van der Waals surface area (Å²) in [4.78, 5) is 13.6. The lowest BCUT2D eigenvalue weighted by atomic mass is 9.95. The SMILES string of the molecule is C#Cc1ccc(Nc2nccc(Nc3c(C)cc(C(=NCC)C(C)C)cc3C)n2)cc1. The molecule has 0 bridgehead atoms. The second-order valence-electron chi connectivity index (χ2n) is 7.74. The number of anilines is 4. The first-order valence-corrected chi connectivity index (χ1v) is 10.5. The minimum absolute atomic E-state index is 0.378. The van der Waals surface area contributed by atoms with Crippen LogP contribution < -0.4 is 10.6 Å². The van der Waals surface area contributed by atoms with Gasteiger partial charge in [0.05, 0.1) is 0 Å². The van der Waals surface area contributed by atoms with Crippen molar-refractivity contribution in [3.05, 3.63) is 70.9 Å². The summed E-state index contributed by atoms with van der Waals surface area (Å²) in [6.45, 7) is 11.4. The molecule has 0 atom stereocenters. The molecule has 1 aromatic heterocycles. The van der Waals surface area contributed by atoms with Crippen LogP contribution in [0.4, 0.5) is 23.1 Å². The third kappa shape index (κ3) is 5.49. The second-order valence-corrected chi connectivity index (χ2v) is 7.74. The fourth-order valence-electron chi connectivity index (χ4n) is 3.48. The average molecular weight is 412 g/mol. The van der Waals surface area contributed by atoms with E-state index in [1.165, 1.54) is 5.56 Å². The number of terminal acetylenes is 1. The molecule has 0 fully saturated rings. The van der Waals surface area contributed by atoms with Gasteiger partial charge in [-0.15, -0.1) is 6.42 Å². The predicted octanol–water partition coefficient (Wildman–Crippen LogP) is 6.03. The van der Waals surface area contributed by atoms with Crippen LogP contribution in [0.3, 0.4) is 0 Å². The molecule has 0 spiro atoms. The van der Waals surface area contributed by atoms with Crippen molar-refractivity contribution in [2.45, 2.75) is 34.6 Å². The molecule has 5 nitrogen and oxygen atoms in total. The van der Waals surface area contributed by atoms with Gasteiger partial charge in [0.2, 0.25) is 5.95 Å². The molecule has 3 rings (SSSR count). The number of rotatable bonds is 7. The Kier molecular flexibility index (Phi) is 7.04. The number of nitrogens with one attached hydrogen (secondary N) is 2. The maximum atomic E-state index is 5.42. The zero-order valence-electron chi connectivity index (χ0n) is 18.8. The van der Waals surface area contributed by atoms with E-state index in [1.807, 2.05) is 30.3 Å². The molecule has 2 aromatic carbocycles. The lowest BCUT2D eigenvalue weighted by Gasteiger charge is -2.17. The average Bonchev–Trinajstić information content (AvgIpc) is 2.75. The quantitative estimate of drug-likeness (QED) is 0.368. The summed E-state index contributed by atoms with van der Waals surface area (Å²) < 4.78 is 0. The number of aliphatic imine (C=N–C) groups is 1. The van der Waals surface area contributed by atoms with Gasteiger partial charge in [-0.05, 0) is 85.8 Å². The van der Waals surface area contributed by atoms with Crippen LogP contribution in [-0.4, -0.2) is 22.2 Å². The summed E-state index contributed by atoms with van der Waals surface area (Å²) in [5.74, 6) is 4.23. The second kappa shape index (κ2) is 9.90. The summed E-state index contributed by atoms with van der Waals surface area (Å²) in [6.07, 6.45) is 7.15. The van der Waals surface area contributed by atoms with Gasteiger partial charge < -0.3 is 10.6 Å². The van der Waals surface area contributed by atoms with E-state index >= 15 is 0 Å². The number of nitrogens with zero attached hydrogens (tertiary/aromatic N) is 3. The molecule has 2 N–H and O–H groups in total. The maximum Gasteiger partial charge on any atom is 0.229 e. The van der Waals surface area contributed by atoms with Crippen LogP contribution in [0, 0.1) is 32.1 Å². The summed E-state index contributed by atoms with van der Waals surface area (Å²) in [7, 11) is 0. The molecule has 3 aromatic rings. The van der Waals surface area contributed by atoms with Gasteiger partial charge in [0.1, 0.15) is 5.82 Å². The van der Waals surface area contributed by atoms with Gasteiger partial charge in [-0.2, -0.15) is 4.98 Å². The van der Waals surface area contributed by atoms with Crippen molar-refractivity contribution in [1.29, 1.82) is 0 Å². The van der Waals surface area contributed by atoms with Gasteiger partial charge >= 0.3 is 0 Å². The smallest absolute Gasteiger partial charge is 0.229 e. The molecular weight excluding hydrogens is 382 g/mol. The molecule has 0 aliphatic heterocycles. The van der Waals surface area contributed by atoms with Crippen molar-refractivity contribution >= 4 is 28.9 Å². The first kappa shape index (κ1) is 22.0. The lowest BCUT2D eigenvalue weighted by Crippen LogP contribution is -2.11. The van der Waals surface area contributed by atoms with E-state index in [9.17, 15) is 0 Å². The van der Waals surface area contributed by atoms with Crippen molar-refractivity contribution in [3.8, 4) is 12.3 Å². The monoisotopic (exact) mass is 411 g/mol. The Labute approximate surface area is 185 Å². The zero-order chi connectivity index (χ0) is 22.4. The maximum absolute atomic E-state index is 5.42. The van der Waals surface area contributed by atoms with Crippen LogP contribution in [0.15, 0.2) is 53.7 Å². The van der Waals surface area contributed by atoms with Crippen molar-refractivity contribution in [2.24, 2.45) is 10.9 Å². The van der Waals surface area contributed by atoms with E-state index in [4.69, 9.17) is 11.4 Å². The predicted molar refractivity (Wildman–Crippen MR) is 131 cm³/mol. The standard InChI is InChI=1S/C26H29N5/c1-7-20-9-11-22(12-10-20)29-26-28-14-13-23(31-26)30-25-18(5)15-21(16-19(25)6)24(17(3)4)27-8-2/h1,9-17H,8H2,2-6H3,(H2,28,29,30,31). The van der Waals surface area contributed by atoms with E-state index in [2.05, 4.69) is 73.3 Å². The molecule has 0 aliphatic rings. The number of hydrogen-bond acceptors (Lipinski definition) is 5. The fraction of sp³-hybridized carbons (Fsp3) is 0.269. The Bertz CT molecular complexity index is 1100. The molecule has 0 radical (unpaired) electrons. The lowest BCUT2D eigenvalue weighted by molar-refractivity contribution is 0.872. The van der Waals surface area contributed by atoms with Gasteiger partial charge in [0.25, 0.3) is 0 Å². The number of hydrogen-bond donors (Lipinski definition) is 2. The van der Waals surface area contributed by atoms with Gasteiger partial charge in [-0.3, -0.25) is 4.99 Å². The highest BCUT2D eigenvalue weighted by Gasteiger charge is 2.13. The highest BCUT2D eigenvalue weighted by atomic mass is 15.1. The number of aromatic nitrogens is 2. The number of benzene rings is 2. The Morgan fingerprint density at radius 3 is 2.32 bits per heavy atom. The van der Waals surface area contributed by atoms with Crippen LogP contribution in [-0.2, 0) is 0 Å². The third-order valence-corrected chi connectivity index (χ3v) is 4.92. The normalized spacial score (nSPS) is 11.3. The minimum Gasteiger partial charge on any atom is -0.340 e. The molecule has 0 saturated heterocycles. The Hall–Kier alpha value is -3.65. The van der Waals surface area contributed by atoms with E-state index in [1.54, 1.807) is 6.20 Å². The minimum atomic E-state index is 0.378. The van der Waals surface area contributed by atoms with Gasteiger partial charge in [-0.1, -0.05) is 19.8 Å². The van der Waals surface area contributed by atoms with E-state index < -0.39 is 0 Å². The van der Waals surface area contributed by atoms with Gasteiger partial charge in [0, 0.05) is 35.4 Å². The van der Waals surface area contributed by atoms with Gasteiger partial charge in [-0.25, -0.2) is 4.98 Å². The topological polar surface area (TPSA) is 62.2 Å². The Morgan fingerprint density at radius 1 is 1.06 bits per heavy atom. The van der Waals surface area contributed by atoms with Crippen LogP contribution in [0.5, 0.6) is 0 Å². The van der Waals surface area contributed by atoms with Crippen LogP contribution in [0.1, 0.15) is 43.0 Å². The molecule has 0 unspecified atom stereocenters. The molecular formula is C26H29N5. The Balaban J connectivity index is 1.83. The van der Waals surface area contributed by atoms with Crippen LogP contribution >= 0.6 is 0 Å². The van der Waals surface area contributed by atoms with E-state index in [0.29, 0.717) is 11.9 Å². The molecule has 5 heteroatoms. The molecule has 0 amide bonds. The Morgan fingerprint density at radius 2 is 1.74 bits per heavy atom. The number of aryl methyl sites for hydroxylation is 2. The van der Waals surface area contributed by atoms with Crippen molar-refractivity contribution in [2.75, 3.05) is 17.2 Å². The van der Waals surface area contributed by atoms with Crippen molar-refractivity contribution < 1.29 is 0 Å². The van der Waals surface area contributed by atoms with Gasteiger partial charge in [0.15, 0.2) is 0 Å². The molecule has 158 valence electrons. The fourth-order valence-corrected chi connectivity index (χ4v) is 3.48. The molecule has 1 heterocycles. The highest BCUT2D eigenvalue weighted by Crippen LogP contribution is 2.27. The van der Waals surface area contributed by atoms with E-state index in [0.717, 1.165) is 46.1 Å². The first-order valence-electron chi connectivity index (χ1n) is 10.5. The summed E-state index contributed by atoms with van der Waals surface area (Å²) in [5.41, 5.74) is 7.38. The largest absolute Gasteiger partial charge is 0.340 e. The zero-order valence-corrected chi connectivity index (χ0v) is 18.8.